The topological polar surface area (TPSA) is 9.23 Å². The van der Waals surface area contributed by atoms with Gasteiger partial charge in [0.05, 0.1) is 12.7 Å². The highest BCUT2D eigenvalue weighted by Crippen LogP contribution is 2.29. The average molecular weight is 278 g/mol. The quantitative estimate of drug-likeness (QED) is 0.727. The molecule has 0 aliphatic carbocycles. The lowest BCUT2D eigenvalue weighted by Crippen LogP contribution is -2.03. The van der Waals surface area contributed by atoms with Gasteiger partial charge in [0.2, 0.25) is 0 Å². The number of alkyl halides is 3. The van der Waals surface area contributed by atoms with Crippen LogP contribution in [0.4, 0.5) is 13.2 Å². The highest BCUT2D eigenvalue weighted by atomic mass is 19.4. The summed E-state index contributed by atoms with van der Waals surface area (Å²) in [6.45, 7) is 0. The Balaban J connectivity index is 2.10. The van der Waals surface area contributed by atoms with Crippen LogP contribution in [-0.4, -0.2) is 7.11 Å². The van der Waals surface area contributed by atoms with Gasteiger partial charge >= 0.3 is 6.18 Å². The van der Waals surface area contributed by atoms with E-state index in [0.29, 0.717) is 5.56 Å². The summed E-state index contributed by atoms with van der Waals surface area (Å²) >= 11 is 0. The van der Waals surface area contributed by atoms with E-state index < -0.39 is 11.7 Å². The van der Waals surface area contributed by atoms with E-state index in [4.69, 9.17) is 4.74 Å². The average Bonchev–Trinajstić information content (AvgIpc) is 2.45. The number of ether oxygens (including phenoxy) is 1. The van der Waals surface area contributed by atoms with E-state index in [0.717, 1.165) is 23.4 Å². The summed E-state index contributed by atoms with van der Waals surface area (Å²) in [6.07, 6.45) is -0.692. The molecule has 0 bridgehead atoms. The molecule has 2 rings (SSSR count). The molecule has 1 nitrogen and oxygen atoms in total. The van der Waals surface area contributed by atoms with Crippen LogP contribution in [0.15, 0.2) is 48.5 Å². The first-order valence-corrected chi connectivity index (χ1v) is 5.98. The van der Waals surface area contributed by atoms with E-state index in [2.05, 4.69) is 0 Å². The Morgan fingerprint density at radius 1 is 0.800 bits per heavy atom. The fourth-order valence-electron chi connectivity index (χ4n) is 1.69. The summed E-state index contributed by atoms with van der Waals surface area (Å²) in [4.78, 5) is 0. The molecule has 104 valence electrons. The number of hydrogen-bond donors (Lipinski definition) is 0. The molecule has 0 saturated carbocycles. The largest absolute Gasteiger partial charge is 0.497 e. The Morgan fingerprint density at radius 3 is 1.65 bits per heavy atom. The van der Waals surface area contributed by atoms with E-state index in [1.165, 1.54) is 12.1 Å². The SMILES string of the molecule is COc1ccc(/C=C\c2ccc(C(F)(F)F)cc2)cc1. The van der Waals surface area contributed by atoms with Gasteiger partial charge in [-0.2, -0.15) is 13.2 Å². The van der Waals surface area contributed by atoms with Gasteiger partial charge in [-0.3, -0.25) is 0 Å². The number of benzene rings is 2. The normalized spacial score (nSPS) is 11.8. The summed E-state index contributed by atoms with van der Waals surface area (Å²) in [6, 6.07) is 12.4. The number of rotatable bonds is 3. The third-order valence-corrected chi connectivity index (χ3v) is 2.82. The number of halogens is 3. The van der Waals surface area contributed by atoms with Crippen LogP contribution in [0.25, 0.3) is 12.2 Å². The van der Waals surface area contributed by atoms with Crippen LogP contribution in [-0.2, 0) is 6.18 Å². The van der Waals surface area contributed by atoms with Gasteiger partial charge < -0.3 is 4.74 Å². The van der Waals surface area contributed by atoms with Crippen molar-refractivity contribution in [2.45, 2.75) is 6.18 Å². The van der Waals surface area contributed by atoms with Crippen molar-refractivity contribution in [3.63, 3.8) is 0 Å². The minimum atomic E-state index is -4.29. The van der Waals surface area contributed by atoms with Crippen molar-refractivity contribution in [3.8, 4) is 5.75 Å². The van der Waals surface area contributed by atoms with Gasteiger partial charge in [0.1, 0.15) is 5.75 Å². The zero-order valence-corrected chi connectivity index (χ0v) is 10.8. The molecule has 4 heteroatoms. The highest BCUT2D eigenvalue weighted by Gasteiger charge is 2.29. The second-order valence-corrected chi connectivity index (χ2v) is 4.23. The van der Waals surface area contributed by atoms with E-state index in [-0.39, 0.29) is 0 Å². The molecule has 0 heterocycles. The maximum atomic E-state index is 12.4. The number of hydrogen-bond acceptors (Lipinski definition) is 1. The van der Waals surface area contributed by atoms with Crippen LogP contribution < -0.4 is 4.74 Å². The van der Waals surface area contributed by atoms with Crippen molar-refractivity contribution in [1.82, 2.24) is 0 Å². The first-order chi connectivity index (χ1) is 9.49. The summed E-state index contributed by atoms with van der Waals surface area (Å²) < 4.78 is 42.3. The van der Waals surface area contributed by atoms with E-state index in [1.807, 2.05) is 30.3 Å². The summed E-state index contributed by atoms with van der Waals surface area (Å²) in [5.41, 5.74) is 1.03. The molecule has 0 N–H and O–H groups in total. The van der Waals surface area contributed by atoms with Crippen molar-refractivity contribution in [1.29, 1.82) is 0 Å². The van der Waals surface area contributed by atoms with Crippen LogP contribution in [0.2, 0.25) is 0 Å². The van der Waals surface area contributed by atoms with Crippen LogP contribution in [0.3, 0.4) is 0 Å². The zero-order valence-electron chi connectivity index (χ0n) is 10.8. The monoisotopic (exact) mass is 278 g/mol. The first kappa shape index (κ1) is 14.2. The minimum Gasteiger partial charge on any atom is -0.497 e. The van der Waals surface area contributed by atoms with Crippen molar-refractivity contribution in [2.75, 3.05) is 7.11 Å². The molecule has 0 amide bonds. The molecule has 2 aromatic carbocycles. The fraction of sp³-hybridized carbons (Fsp3) is 0.125. The first-order valence-electron chi connectivity index (χ1n) is 5.98. The van der Waals surface area contributed by atoms with Crippen LogP contribution in [0.1, 0.15) is 16.7 Å². The van der Waals surface area contributed by atoms with Crippen LogP contribution in [0, 0.1) is 0 Å². The van der Waals surface area contributed by atoms with Gasteiger partial charge in [-0.25, -0.2) is 0 Å². The summed E-state index contributed by atoms with van der Waals surface area (Å²) in [5.74, 6) is 0.761. The van der Waals surface area contributed by atoms with Gasteiger partial charge in [0.15, 0.2) is 0 Å². The lowest BCUT2D eigenvalue weighted by atomic mass is 10.1. The highest BCUT2D eigenvalue weighted by molar-refractivity contribution is 5.69. The molecule has 0 atom stereocenters. The molecule has 0 unspecified atom stereocenters. The summed E-state index contributed by atoms with van der Waals surface area (Å²) in [7, 11) is 1.59. The van der Waals surface area contributed by atoms with Crippen molar-refractivity contribution >= 4 is 12.2 Å². The van der Waals surface area contributed by atoms with Crippen molar-refractivity contribution < 1.29 is 17.9 Å². The Hall–Kier alpha value is -2.23. The third-order valence-electron chi connectivity index (χ3n) is 2.82. The second-order valence-electron chi connectivity index (χ2n) is 4.23. The smallest absolute Gasteiger partial charge is 0.416 e. The molecule has 2 aromatic rings. The van der Waals surface area contributed by atoms with E-state index in [9.17, 15) is 13.2 Å². The number of methoxy groups -OCH3 is 1. The van der Waals surface area contributed by atoms with Gasteiger partial charge in [0, 0.05) is 0 Å². The molecular formula is C16H13F3O. The lowest BCUT2D eigenvalue weighted by molar-refractivity contribution is -0.137. The minimum absolute atomic E-state index is 0.640. The van der Waals surface area contributed by atoms with Gasteiger partial charge in [0.25, 0.3) is 0 Å². The second kappa shape index (κ2) is 5.82. The molecule has 0 aromatic heterocycles. The lowest BCUT2D eigenvalue weighted by Gasteiger charge is -2.05. The Labute approximate surface area is 115 Å². The molecule has 0 aliphatic rings. The molecule has 0 saturated heterocycles. The van der Waals surface area contributed by atoms with Crippen molar-refractivity contribution in [2.24, 2.45) is 0 Å². The van der Waals surface area contributed by atoms with Gasteiger partial charge in [-0.05, 0) is 35.4 Å². The van der Waals surface area contributed by atoms with Crippen LogP contribution >= 0.6 is 0 Å². The van der Waals surface area contributed by atoms with Gasteiger partial charge in [-0.1, -0.05) is 36.4 Å². The molecule has 0 spiro atoms. The molecular weight excluding hydrogens is 265 g/mol. The Morgan fingerprint density at radius 2 is 1.25 bits per heavy atom. The Kier molecular flexibility index (Phi) is 4.13. The Bertz CT molecular complexity index is 581. The van der Waals surface area contributed by atoms with Gasteiger partial charge in [-0.15, -0.1) is 0 Å². The fourth-order valence-corrected chi connectivity index (χ4v) is 1.69. The van der Waals surface area contributed by atoms with Crippen molar-refractivity contribution in [3.05, 3.63) is 65.2 Å². The zero-order chi connectivity index (χ0) is 14.6. The predicted octanol–water partition coefficient (Wildman–Crippen LogP) is 4.88. The molecule has 0 fully saturated rings. The third kappa shape index (κ3) is 3.63. The maximum Gasteiger partial charge on any atom is 0.416 e. The molecule has 0 radical (unpaired) electrons. The van der Waals surface area contributed by atoms with Crippen LogP contribution in [0.5, 0.6) is 5.75 Å². The van der Waals surface area contributed by atoms with E-state index >= 15 is 0 Å². The predicted molar refractivity (Wildman–Crippen MR) is 73.4 cm³/mol. The maximum absolute atomic E-state index is 12.4. The summed E-state index contributed by atoms with van der Waals surface area (Å²) in [5, 5.41) is 0. The standard InChI is InChI=1S/C16H13F3O/c1-20-15-10-6-13(7-11-15)3-2-12-4-8-14(9-5-12)16(17,18)19/h2-11H,1H3/b3-2-. The molecule has 0 aliphatic heterocycles. The molecule has 20 heavy (non-hydrogen) atoms. The van der Waals surface area contributed by atoms with E-state index in [1.54, 1.807) is 13.2 Å².